The molecule has 0 saturated carbocycles. The highest BCUT2D eigenvalue weighted by Crippen LogP contribution is 2.36. The normalized spacial score (nSPS) is 13.3. The maximum absolute atomic E-state index is 12.6. The number of benzene rings is 2. The van der Waals surface area contributed by atoms with Crippen LogP contribution in [0.15, 0.2) is 53.1 Å². The summed E-state index contributed by atoms with van der Waals surface area (Å²) in [4.78, 5) is 26.5. The number of amides is 2. The third-order valence-corrected chi connectivity index (χ3v) is 5.22. The number of aryl methyl sites for hydroxylation is 2. The molecular formula is C23H20ClN3O4. The molecular weight excluding hydrogens is 418 g/mol. The lowest BCUT2D eigenvalue weighted by Crippen LogP contribution is -2.38. The molecule has 0 unspecified atom stereocenters. The molecule has 0 spiro atoms. The summed E-state index contributed by atoms with van der Waals surface area (Å²) < 4.78 is 10.8. The first kappa shape index (κ1) is 20.7. The van der Waals surface area contributed by atoms with E-state index in [1.807, 2.05) is 26.0 Å². The van der Waals surface area contributed by atoms with Crippen LogP contribution in [0.4, 0.5) is 11.4 Å². The first-order chi connectivity index (χ1) is 14.9. The fourth-order valence-corrected chi connectivity index (χ4v) is 3.39. The lowest BCUT2D eigenvalue weighted by atomic mass is 10.1. The van der Waals surface area contributed by atoms with E-state index in [4.69, 9.17) is 20.9 Å². The lowest BCUT2D eigenvalue weighted by Gasteiger charge is -2.29. The molecule has 158 valence electrons. The highest BCUT2D eigenvalue weighted by molar-refractivity contribution is 6.30. The van der Waals surface area contributed by atoms with Gasteiger partial charge in [-0.2, -0.15) is 0 Å². The molecule has 1 N–H and O–H groups in total. The van der Waals surface area contributed by atoms with E-state index in [1.54, 1.807) is 41.3 Å². The van der Waals surface area contributed by atoms with Crippen molar-refractivity contribution in [3.05, 3.63) is 76.1 Å². The minimum atomic E-state index is -0.296. The summed E-state index contributed by atoms with van der Waals surface area (Å²) in [7, 11) is 0. The first-order valence-electron chi connectivity index (χ1n) is 9.64. The van der Waals surface area contributed by atoms with Crippen LogP contribution < -0.4 is 15.0 Å². The van der Waals surface area contributed by atoms with Crippen LogP contribution in [0, 0.1) is 13.8 Å². The van der Waals surface area contributed by atoms with Crippen molar-refractivity contribution in [3.8, 4) is 5.75 Å². The van der Waals surface area contributed by atoms with Gasteiger partial charge in [0.2, 0.25) is 5.91 Å². The standard InChI is InChI=1S/C23H20ClN3O4/c1-14-19(15(2)31-26-14)12-27-20-11-18(8-9-21(20)30-13-23(27)29)25-22(28)10-5-16-3-6-17(24)7-4-16/h3-11H,12-13H2,1-2H3,(H,25,28)/b10-5+. The number of anilines is 2. The second-order valence-electron chi connectivity index (χ2n) is 7.13. The second kappa shape index (κ2) is 8.65. The van der Waals surface area contributed by atoms with Gasteiger partial charge in [0.1, 0.15) is 11.5 Å². The van der Waals surface area contributed by atoms with Crippen LogP contribution >= 0.6 is 11.6 Å². The van der Waals surface area contributed by atoms with E-state index < -0.39 is 0 Å². The monoisotopic (exact) mass is 437 g/mol. The molecule has 0 radical (unpaired) electrons. The van der Waals surface area contributed by atoms with Gasteiger partial charge >= 0.3 is 0 Å². The molecule has 7 nitrogen and oxygen atoms in total. The Hall–Kier alpha value is -3.58. The number of ether oxygens (including phenoxy) is 1. The molecule has 2 aromatic carbocycles. The summed E-state index contributed by atoms with van der Waals surface area (Å²) >= 11 is 5.87. The number of nitrogens with zero attached hydrogens (tertiary/aromatic N) is 2. The molecule has 3 aromatic rings. The van der Waals surface area contributed by atoms with E-state index in [-0.39, 0.29) is 18.4 Å². The van der Waals surface area contributed by atoms with Crippen molar-refractivity contribution >= 4 is 40.9 Å². The predicted octanol–water partition coefficient (Wildman–Crippen LogP) is 4.52. The maximum Gasteiger partial charge on any atom is 0.265 e. The van der Waals surface area contributed by atoms with Crippen molar-refractivity contribution in [1.29, 1.82) is 0 Å². The number of aromatic nitrogens is 1. The Labute approximate surface area is 184 Å². The Kier molecular flexibility index (Phi) is 5.77. The minimum Gasteiger partial charge on any atom is -0.482 e. The topological polar surface area (TPSA) is 84.7 Å². The third kappa shape index (κ3) is 4.62. The SMILES string of the molecule is Cc1noc(C)c1CN1C(=O)COc2ccc(NC(=O)/C=C/c3ccc(Cl)cc3)cc21. The van der Waals surface area contributed by atoms with E-state index in [2.05, 4.69) is 10.5 Å². The van der Waals surface area contributed by atoms with E-state index in [9.17, 15) is 9.59 Å². The summed E-state index contributed by atoms with van der Waals surface area (Å²) in [5.74, 6) is 0.755. The predicted molar refractivity (Wildman–Crippen MR) is 118 cm³/mol. The Bertz CT molecular complexity index is 1150. The second-order valence-corrected chi connectivity index (χ2v) is 7.56. The van der Waals surface area contributed by atoms with Crippen LogP contribution in [0.2, 0.25) is 5.02 Å². The van der Waals surface area contributed by atoms with Crippen molar-refractivity contribution in [2.45, 2.75) is 20.4 Å². The number of nitrogens with one attached hydrogen (secondary N) is 1. The van der Waals surface area contributed by atoms with E-state index >= 15 is 0 Å². The maximum atomic E-state index is 12.6. The highest BCUT2D eigenvalue weighted by atomic mass is 35.5. The number of rotatable bonds is 5. The average Bonchev–Trinajstić information content (AvgIpc) is 3.07. The van der Waals surface area contributed by atoms with Gasteiger partial charge in [0, 0.05) is 22.3 Å². The van der Waals surface area contributed by atoms with Gasteiger partial charge < -0.3 is 19.5 Å². The molecule has 31 heavy (non-hydrogen) atoms. The zero-order valence-corrected chi connectivity index (χ0v) is 17.8. The van der Waals surface area contributed by atoms with Gasteiger partial charge in [-0.3, -0.25) is 9.59 Å². The van der Waals surface area contributed by atoms with Gasteiger partial charge in [0.15, 0.2) is 6.61 Å². The quantitative estimate of drug-likeness (QED) is 0.593. The Morgan fingerprint density at radius 3 is 2.71 bits per heavy atom. The highest BCUT2D eigenvalue weighted by Gasteiger charge is 2.28. The zero-order valence-electron chi connectivity index (χ0n) is 17.0. The van der Waals surface area contributed by atoms with Crippen LogP contribution in [0.25, 0.3) is 6.08 Å². The zero-order chi connectivity index (χ0) is 22.0. The molecule has 0 bridgehead atoms. The molecule has 1 aromatic heterocycles. The summed E-state index contributed by atoms with van der Waals surface area (Å²) in [6, 6.07) is 12.3. The van der Waals surface area contributed by atoms with Crippen molar-refractivity contribution in [3.63, 3.8) is 0 Å². The molecule has 2 amide bonds. The average molecular weight is 438 g/mol. The molecule has 1 aliphatic rings. The Balaban J connectivity index is 1.53. The molecule has 0 atom stereocenters. The molecule has 2 heterocycles. The Morgan fingerprint density at radius 2 is 2.00 bits per heavy atom. The van der Waals surface area contributed by atoms with E-state index in [0.717, 1.165) is 16.8 Å². The van der Waals surface area contributed by atoms with Gasteiger partial charge in [-0.05, 0) is 55.8 Å². The summed E-state index contributed by atoms with van der Waals surface area (Å²) in [5, 5.41) is 7.40. The van der Waals surface area contributed by atoms with Gasteiger partial charge in [-0.1, -0.05) is 28.9 Å². The van der Waals surface area contributed by atoms with Crippen molar-refractivity contribution < 1.29 is 18.8 Å². The molecule has 4 rings (SSSR count). The molecule has 1 aliphatic heterocycles. The number of hydrogen-bond acceptors (Lipinski definition) is 5. The molecule has 0 aliphatic carbocycles. The van der Waals surface area contributed by atoms with E-state index in [1.165, 1.54) is 6.08 Å². The fourth-order valence-electron chi connectivity index (χ4n) is 3.27. The van der Waals surface area contributed by atoms with Crippen molar-refractivity contribution in [2.75, 3.05) is 16.8 Å². The van der Waals surface area contributed by atoms with Crippen molar-refractivity contribution in [1.82, 2.24) is 5.16 Å². The van der Waals surface area contributed by atoms with Crippen LogP contribution in [0.3, 0.4) is 0 Å². The van der Waals surface area contributed by atoms with Crippen LogP contribution in [-0.4, -0.2) is 23.6 Å². The number of fused-ring (bicyclic) bond motifs is 1. The van der Waals surface area contributed by atoms with Gasteiger partial charge in [0.05, 0.1) is 17.9 Å². The minimum absolute atomic E-state index is 0.0497. The van der Waals surface area contributed by atoms with Crippen LogP contribution in [0.1, 0.15) is 22.6 Å². The largest absolute Gasteiger partial charge is 0.482 e. The van der Waals surface area contributed by atoms with E-state index in [0.29, 0.717) is 34.5 Å². The smallest absolute Gasteiger partial charge is 0.265 e. The van der Waals surface area contributed by atoms with Gasteiger partial charge in [-0.15, -0.1) is 0 Å². The third-order valence-electron chi connectivity index (χ3n) is 4.96. The number of halogens is 1. The number of hydrogen-bond donors (Lipinski definition) is 1. The summed E-state index contributed by atoms with van der Waals surface area (Å²) in [6.45, 7) is 3.91. The van der Waals surface area contributed by atoms with Crippen LogP contribution in [-0.2, 0) is 16.1 Å². The van der Waals surface area contributed by atoms with Crippen LogP contribution in [0.5, 0.6) is 5.75 Å². The number of carbonyl (C=O) groups is 2. The lowest BCUT2D eigenvalue weighted by molar-refractivity contribution is -0.121. The van der Waals surface area contributed by atoms with Gasteiger partial charge in [-0.25, -0.2) is 0 Å². The molecule has 0 saturated heterocycles. The number of carbonyl (C=O) groups excluding carboxylic acids is 2. The molecule has 8 heteroatoms. The fraction of sp³-hybridized carbons (Fsp3) is 0.174. The van der Waals surface area contributed by atoms with Crippen molar-refractivity contribution in [2.24, 2.45) is 0 Å². The van der Waals surface area contributed by atoms with Gasteiger partial charge in [0.25, 0.3) is 5.91 Å². The summed E-state index contributed by atoms with van der Waals surface area (Å²) in [5.41, 5.74) is 3.56. The first-order valence-corrected chi connectivity index (χ1v) is 10.0. The Morgan fingerprint density at radius 1 is 1.23 bits per heavy atom. The summed E-state index contributed by atoms with van der Waals surface area (Å²) in [6.07, 6.45) is 3.13. The molecule has 0 fully saturated rings.